The molecular weight excluding hydrogens is 204 g/mol. The molecule has 0 aliphatic heterocycles. The molecule has 4 bridgehead atoms. The summed E-state index contributed by atoms with van der Waals surface area (Å²) in [6.45, 7) is 2.42. The van der Waals surface area contributed by atoms with Crippen LogP contribution < -0.4 is 0 Å². The predicted molar refractivity (Wildman–Crippen MR) is 71.6 cm³/mol. The molecule has 0 nitrogen and oxygen atoms in total. The molecule has 0 spiro atoms. The fraction of sp³-hybridized carbons (Fsp3) is 0.647. The lowest BCUT2D eigenvalue weighted by molar-refractivity contribution is -0.0306. The molecule has 5 aliphatic carbocycles. The van der Waals surface area contributed by atoms with E-state index in [4.69, 9.17) is 0 Å². The summed E-state index contributed by atoms with van der Waals surface area (Å²) in [5.41, 5.74) is 3.83. The molecule has 0 heteroatoms. The maximum Gasteiger partial charge on any atom is -0.00739 e. The molecule has 0 amide bonds. The van der Waals surface area contributed by atoms with Gasteiger partial charge < -0.3 is 0 Å². The summed E-state index contributed by atoms with van der Waals surface area (Å²) in [5.74, 6) is 3.18. The monoisotopic (exact) mass is 226 g/mol. The van der Waals surface area contributed by atoms with Crippen LogP contribution >= 0.6 is 0 Å². The van der Waals surface area contributed by atoms with Crippen LogP contribution in [-0.4, -0.2) is 0 Å². The quantitative estimate of drug-likeness (QED) is 0.610. The highest BCUT2D eigenvalue weighted by atomic mass is 14.6. The first kappa shape index (κ1) is 10.2. The third-order valence-corrected chi connectivity index (χ3v) is 5.93. The number of allylic oxidation sites excluding steroid dienone is 6. The van der Waals surface area contributed by atoms with E-state index < -0.39 is 0 Å². The van der Waals surface area contributed by atoms with Crippen LogP contribution in [0.2, 0.25) is 0 Å². The molecule has 0 N–H and O–H groups in total. The molecule has 0 aromatic heterocycles. The third kappa shape index (κ3) is 1.42. The van der Waals surface area contributed by atoms with Gasteiger partial charge in [-0.3, -0.25) is 0 Å². The van der Waals surface area contributed by atoms with Gasteiger partial charge in [-0.15, -0.1) is 0 Å². The Morgan fingerprint density at radius 3 is 1.88 bits per heavy atom. The van der Waals surface area contributed by atoms with Gasteiger partial charge in [0.2, 0.25) is 0 Å². The number of rotatable bonds is 1. The van der Waals surface area contributed by atoms with E-state index in [1.807, 2.05) is 0 Å². The van der Waals surface area contributed by atoms with Crippen molar-refractivity contribution in [1.29, 1.82) is 0 Å². The summed E-state index contributed by atoms with van der Waals surface area (Å²) in [7, 11) is 0. The highest BCUT2D eigenvalue weighted by Crippen LogP contribution is 2.63. The van der Waals surface area contributed by atoms with Crippen LogP contribution in [0, 0.1) is 23.2 Å². The van der Waals surface area contributed by atoms with Crippen molar-refractivity contribution < 1.29 is 0 Å². The van der Waals surface area contributed by atoms with Crippen LogP contribution in [0.4, 0.5) is 0 Å². The molecule has 5 rings (SSSR count). The molecule has 4 fully saturated rings. The van der Waals surface area contributed by atoms with Gasteiger partial charge in [0, 0.05) is 0 Å². The third-order valence-electron chi connectivity index (χ3n) is 5.93. The molecule has 17 heavy (non-hydrogen) atoms. The van der Waals surface area contributed by atoms with Gasteiger partial charge in [0.25, 0.3) is 0 Å². The second kappa shape index (κ2) is 3.37. The zero-order valence-electron chi connectivity index (χ0n) is 10.8. The average molecular weight is 226 g/mol. The Labute approximate surface area is 104 Å². The van der Waals surface area contributed by atoms with E-state index in [0.717, 1.165) is 17.8 Å². The van der Waals surface area contributed by atoms with Gasteiger partial charge in [0.15, 0.2) is 0 Å². The second-order valence-electron chi connectivity index (χ2n) is 7.00. The van der Waals surface area contributed by atoms with Gasteiger partial charge in [-0.05, 0) is 74.2 Å². The first-order valence-corrected chi connectivity index (χ1v) is 7.31. The molecule has 0 aromatic rings. The Morgan fingerprint density at radius 1 is 0.941 bits per heavy atom. The molecular formula is C17H22. The molecule has 5 aliphatic rings. The highest BCUT2D eigenvalue weighted by molar-refractivity contribution is 5.45. The van der Waals surface area contributed by atoms with Crippen molar-refractivity contribution in [3.05, 3.63) is 35.5 Å². The van der Waals surface area contributed by atoms with E-state index in [9.17, 15) is 0 Å². The topological polar surface area (TPSA) is 0 Å². The van der Waals surface area contributed by atoms with Crippen molar-refractivity contribution in [3.63, 3.8) is 0 Å². The van der Waals surface area contributed by atoms with Crippen molar-refractivity contribution in [2.24, 2.45) is 23.2 Å². The fourth-order valence-corrected chi connectivity index (χ4v) is 5.50. The molecule has 0 heterocycles. The maximum absolute atomic E-state index is 2.42. The predicted octanol–water partition coefficient (Wildman–Crippen LogP) is 4.65. The summed E-state index contributed by atoms with van der Waals surface area (Å²) in [4.78, 5) is 0. The van der Waals surface area contributed by atoms with Crippen LogP contribution in [0.1, 0.15) is 45.4 Å². The fourth-order valence-electron chi connectivity index (χ4n) is 5.50. The van der Waals surface area contributed by atoms with Crippen molar-refractivity contribution in [1.82, 2.24) is 0 Å². The van der Waals surface area contributed by atoms with Crippen molar-refractivity contribution in [2.75, 3.05) is 0 Å². The van der Waals surface area contributed by atoms with Crippen LogP contribution in [0.5, 0.6) is 0 Å². The van der Waals surface area contributed by atoms with Gasteiger partial charge in [-0.25, -0.2) is 0 Å². The summed E-state index contributed by atoms with van der Waals surface area (Å²) in [5, 5.41) is 0. The largest absolute Gasteiger partial charge is 0.0617 e. The second-order valence-corrected chi connectivity index (χ2v) is 7.00. The van der Waals surface area contributed by atoms with Gasteiger partial charge >= 0.3 is 0 Å². The number of hydrogen-bond acceptors (Lipinski definition) is 0. The standard InChI is InChI=1S/C17H22/c1-12(16-4-2-3-5-16)17-9-13-6-14(10-17)8-15(7-13)11-17/h2-5,13-15H,6-11H2,1H3. The van der Waals surface area contributed by atoms with Crippen LogP contribution in [0.3, 0.4) is 0 Å². The summed E-state index contributed by atoms with van der Waals surface area (Å²) in [6, 6.07) is 0. The molecule has 90 valence electrons. The average Bonchev–Trinajstić information content (AvgIpc) is 2.79. The highest BCUT2D eigenvalue weighted by Gasteiger charge is 2.51. The Hall–Kier alpha value is -0.780. The van der Waals surface area contributed by atoms with Crippen molar-refractivity contribution in [3.8, 4) is 0 Å². The van der Waals surface area contributed by atoms with Crippen molar-refractivity contribution >= 4 is 0 Å². The molecule has 0 radical (unpaired) electrons. The van der Waals surface area contributed by atoms with E-state index in [-0.39, 0.29) is 0 Å². The molecule has 4 saturated carbocycles. The zero-order chi connectivity index (χ0) is 11.5. The molecule has 0 aromatic carbocycles. The summed E-state index contributed by atoms with van der Waals surface area (Å²) >= 11 is 0. The minimum atomic E-state index is 0.600. The lowest BCUT2D eigenvalue weighted by Crippen LogP contribution is -2.46. The van der Waals surface area contributed by atoms with Crippen LogP contribution in [0.25, 0.3) is 0 Å². The Balaban J connectivity index is 1.75. The van der Waals surface area contributed by atoms with Crippen LogP contribution in [-0.2, 0) is 0 Å². The van der Waals surface area contributed by atoms with Gasteiger partial charge in [0.1, 0.15) is 0 Å². The Kier molecular flexibility index (Phi) is 2.02. The Bertz CT molecular complexity index is 384. The van der Waals surface area contributed by atoms with Gasteiger partial charge in [-0.2, -0.15) is 0 Å². The SMILES string of the molecule is CC(=C1C=CC=C1)C12CC3CC(CC(C3)C1)C2. The van der Waals surface area contributed by atoms with E-state index in [1.54, 1.807) is 24.8 Å². The summed E-state index contributed by atoms with van der Waals surface area (Å²) in [6.07, 6.45) is 18.1. The van der Waals surface area contributed by atoms with E-state index in [1.165, 1.54) is 24.8 Å². The number of hydrogen-bond donors (Lipinski definition) is 0. The normalized spacial score (nSPS) is 45.9. The maximum atomic E-state index is 2.42. The first-order valence-electron chi connectivity index (χ1n) is 7.31. The van der Waals surface area contributed by atoms with Crippen LogP contribution in [0.15, 0.2) is 35.5 Å². The smallest absolute Gasteiger partial charge is 0.00739 e. The minimum absolute atomic E-state index is 0.600. The first-order chi connectivity index (χ1) is 8.25. The zero-order valence-corrected chi connectivity index (χ0v) is 10.8. The van der Waals surface area contributed by atoms with Crippen molar-refractivity contribution in [2.45, 2.75) is 45.4 Å². The lowest BCUT2D eigenvalue weighted by atomic mass is 9.47. The molecule has 0 unspecified atom stereocenters. The van der Waals surface area contributed by atoms with E-state index in [0.29, 0.717) is 5.41 Å². The molecule has 0 saturated heterocycles. The Morgan fingerprint density at radius 2 is 1.41 bits per heavy atom. The van der Waals surface area contributed by atoms with E-state index >= 15 is 0 Å². The minimum Gasteiger partial charge on any atom is -0.0617 e. The molecule has 0 atom stereocenters. The lowest BCUT2D eigenvalue weighted by Gasteiger charge is -2.57. The van der Waals surface area contributed by atoms with Gasteiger partial charge in [-0.1, -0.05) is 29.9 Å². The van der Waals surface area contributed by atoms with E-state index in [2.05, 4.69) is 31.2 Å². The summed E-state index contributed by atoms with van der Waals surface area (Å²) < 4.78 is 0. The van der Waals surface area contributed by atoms with Gasteiger partial charge in [0.05, 0.1) is 0 Å².